The Labute approximate surface area is 147 Å². The van der Waals surface area contributed by atoms with Crippen molar-refractivity contribution in [3.05, 3.63) is 88.4 Å². The molecule has 6 nitrogen and oxygen atoms in total. The molecule has 0 N–H and O–H groups in total. The largest absolute Gasteiger partial charge is 0.292 e. The first-order valence-corrected chi connectivity index (χ1v) is 7.93. The molecule has 0 aliphatic heterocycles. The van der Waals surface area contributed by atoms with Crippen LogP contribution in [0.15, 0.2) is 77.9 Å². The van der Waals surface area contributed by atoms with Crippen LogP contribution in [0.1, 0.15) is 0 Å². The summed E-state index contributed by atoms with van der Waals surface area (Å²) in [7, 11) is 0. The first-order chi connectivity index (χ1) is 12.2. The van der Waals surface area contributed by atoms with Crippen molar-refractivity contribution in [2.24, 2.45) is 0 Å². The van der Waals surface area contributed by atoms with E-state index in [1.807, 2.05) is 48.5 Å². The van der Waals surface area contributed by atoms with Crippen molar-refractivity contribution in [3.8, 4) is 22.6 Å². The van der Waals surface area contributed by atoms with Gasteiger partial charge in [-0.2, -0.15) is 9.78 Å². The maximum atomic E-state index is 12.5. The molecule has 4 rings (SSSR count). The highest BCUT2D eigenvalue weighted by Gasteiger charge is 2.14. The van der Waals surface area contributed by atoms with Gasteiger partial charge in [-0.15, -0.1) is 5.10 Å². The summed E-state index contributed by atoms with van der Waals surface area (Å²) < 4.78 is 2.70. The Morgan fingerprint density at radius 2 is 1.60 bits per heavy atom. The van der Waals surface area contributed by atoms with E-state index in [2.05, 4.69) is 15.4 Å². The fourth-order valence-corrected chi connectivity index (χ4v) is 2.68. The predicted octanol–water partition coefficient (Wildman–Crippen LogP) is 3.13. The molecule has 4 aromatic rings. The van der Waals surface area contributed by atoms with Crippen LogP contribution >= 0.6 is 11.6 Å². The summed E-state index contributed by atoms with van der Waals surface area (Å²) in [6, 6.07) is 18.7. The van der Waals surface area contributed by atoms with Gasteiger partial charge in [-0.05, 0) is 12.1 Å². The number of rotatable bonds is 3. The summed E-state index contributed by atoms with van der Waals surface area (Å²) in [4.78, 5) is 12.5. The molecule has 7 heteroatoms. The van der Waals surface area contributed by atoms with Crippen LogP contribution in [0.3, 0.4) is 0 Å². The molecule has 25 heavy (non-hydrogen) atoms. The second kappa shape index (κ2) is 6.33. The number of nitrogens with zero attached hydrogens (tertiary/aromatic N) is 5. The van der Waals surface area contributed by atoms with Gasteiger partial charge in [0.1, 0.15) is 16.4 Å². The molecule has 0 aliphatic rings. The van der Waals surface area contributed by atoms with Gasteiger partial charge in [-0.3, -0.25) is 4.79 Å². The highest BCUT2D eigenvalue weighted by atomic mass is 35.5. The maximum Gasteiger partial charge on any atom is 0.292 e. The van der Waals surface area contributed by atoms with Gasteiger partial charge >= 0.3 is 0 Å². The number of aromatic nitrogens is 5. The number of halogens is 1. The molecule has 2 heterocycles. The maximum absolute atomic E-state index is 12.5. The first-order valence-electron chi connectivity index (χ1n) is 7.55. The van der Waals surface area contributed by atoms with E-state index in [9.17, 15) is 4.79 Å². The molecule has 0 amide bonds. The fourth-order valence-electron chi connectivity index (χ4n) is 2.46. The van der Waals surface area contributed by atoms with E-state index in [-0.39, 0.29) is 5.02 Å². The third-order valence-corrected chi connectivity index (χ3v) is 4.07. The van der Waals surface area contributed by atoms with Crippen molar-refractivity contribution in [1.82, 2.24) is 24.8 Å². The van der Waals surface area contributed by atoms with Crippen LogP contribution in [0, 0.1) is 0 Å². The lowest BCUT2D eigenvalue weighted by atomic mass is 10.2. The molecular weight excluding hydrogens is 338 g/mol. The van der Waals surface area contributed by atoms with E-state index >= 15 is 0 Å². The van der Waals surface area contributed by atoms with Crippen molar-refractivity contribution >= 4 is 11.6 Å². The molecule has 0 bridgehead atoms. The number of benzene rings is 2. The van der Waals surface area contributed by atoms with E-state index in [4.69, 9.17) is 11.6 Å². The lowest BCUT2D eigenvalue weighted by molar-refractivity contribution is 0.757. The Balaban J connectivity index is 1.76. The summed E-state index contributed by atoms with van der Waals surface area (Å²) in [6.45, 7) is 0. The van der Waals surface area contributed by atoms with Gasteiger partial charge in [0.2, 0.25) is 0 Å². The highest BCUT2D eigenvalue weighted by molar-refractivity contribution is 6.32. The summed E-state index contributed by atoms with van der Waals surface area (Å²) in [5, 5.41) is 12.4. The Morgan fingerprint density at radius 3 is 2.32 bits per heavy atom. The summed E-state index contributed by atoms with van der Waals surface area (Å²) in [5.74, 6) is 0. The molecule has 0 saturated carbocycles. The SMILES string of the molecule is O=c1c(Cl)c(-n2cc(-c3ccccc3)nn2)cnn1-c1ccccc1. The number of hydrogen-bond acceptors (Lipinski definition) is 4. The second-order valence-electron chi connectivity index (χ2n) is 5.31. The van der Waals surface area contributed by atoms with Gasteiger partial charge in [0, 0.05) is 5.56 Å². The van der Waals surface area contributed by atoms with E-state index < -0.39 is 5.56 Å². The molecule has 0 aliphatic carbocycles. The van der Waals surface area contributed by atoms with Crippen LogP contribution in [0.4, 0.5) is 0 Å². The van der Waals surface area contributed by atoms with Crippen LogP contribution in [-0.2, 0) is 0 Å². The third-order valence-electron chi connectivity index (χ3n) is 3.71. The van der Waals surface area contributed by atoms with Crippen molar-refractivity contribution < 1.29 is 0 Å². The molecule has 0 spiro atoms. The average molecular weight is 350 g/mol. The van der Waals surface area contributed by atoms with Crippen molar-refractivity contribution in [2.45, 2.75) is 0 Å². The Bertz CT molecular complexity index is 1070. The highest BCUT2D eigenvalue weighted by Crippen LogP contribution is 2.19. The van der Waals surface area contributed by atoms with Crippen LogP contribution in [0.2, 0.25) is 5.02 Å². The average Bonchev–Trinajstić information content (AvgIpc) is 3.15. The quantitative estimate of drug-likeness (QED) is 0.570. The number of para-hydroxylation sites is 1. The molecule has 0 atom stereocenters. The van der Waals surface area contributed by atoms with Gasteiger partial charge < -0.3 is 0 Å². The second-order valence-corrected chi connectivity index (χ2v) is 5.69. The van der Waals surface area contributed by atoms with Crippen LogP contribution in [0.25, 0.3) is 22.6 Å². The van der Waals surface area contributed by atoms with Crippen molar-refractivity contribution in [1.29, 1.82) is 0 Å². The molecule has 0 fully saturated rings. The van der Waals surface area contributed by atoms with Gasteiger partial charge in [-0.25, -0.2) is 4.68 Å². The minimum absolute atomic E-state index is 0.0309. The Hall–Kier alpha value is -3.25. The zero-order chi connectivity index (χ0) is 17.2. The lowest BCUT2D eigenvalue weighted by Crippen LogP contribution is -2.23. The van der Waals surface area contributed by atoms with Gasteiger partial charge in [-0.1, -0.05) is 65.3 Å². The molecule has 0 radical (unpaired) electrons. The summed E-state index contributed by atoms with van der Waals surface area (Å²) in [6.07, 6.45) is 3.21. The monoisotopic (exact) mass is 349 g/mol. The van der Waals surface area contributed by atoms with E-state index in [0.717, 1.165) is 5.56 Å². The van der Waals surface area contributed by atoms with E-state index in [0.29, 0.717) is 17.1 Å². The van der Waals surface area contributed by atoms with Crippen molar-refractivity contribution in [3.63, 3.8) is 0 Å². The summed E-state index contributed by atoms with van der Waals surface area (Å²) >= 11 is 6.28. The molecular formula is C18H12ClN5O. The van der Waals surface area contributed by atoms with Gasteiger partial charge in [0.05, 0.1) is 18.1 Å². The normalized spacial score (nSPS) is 10.8. The minimum atomic E-state index is -0.415. The van der Waals surface area contributed by atoms with Gasteiger partial charge in [0.15, 0.2) is 0 Å². The molecule has 122 valence electrons. The Kier molecular flexibility index (Phi) is 3.87. The molecule has 0 unspecified atom stereocenters. The van der Waals surface area contributed by atoms with E-state index in [1.165, 1.54) is 15.6 Å². The topological polar surface area (TPSA) is 65.6 Å². The van der Waals surface area contributed by atoms with Crippen molar-refractivity contribution in [2.75, 3.05) is 0 Å². The molecule has 2 aromatic carbocycles. The standard InChI is InChI=1S/C18H12ClN5O/c19-17-16(11-20-24(18(17)25)14-9-5-2-6-10-14)23-12-15(21-22-23)13-7-3-1-4-8-13/h1-12H. The smallest absolute Gasteiger partial charge is 0.266 e. The predicted molar refractivity (Wildman–Crippen MR) is 95.2 cm³/mol. The van der Waals surface area contributed by atoms with Crippen LogP contribution in [-0.4, -0.2) is 24.8 Å². The zero-order valence-corrected chi connectivity index (χ0v) is 13.7. The third kappa shape index (κ3) is 2.83. The van der Waals surface area contributed by atoms with Crippen LogP contribution < -0.4 is 5.56 Å². The van der Waals surface area contributed by atoms with E-state index in [1.54, 1.807) is 18.3 Å². The van der Waals surface area contributed by atoms with Gasteiger partial charge in [0.25, 0.3) is 5.56 Å². The molecule has 0 saturated heterocycles. The molecule has 2 aromatic heterocycles. The summed E-state index contributed by atoms with van der Waals surface area (Å²) in [5.41, 5.74) is 2.22. The lowest BCUT2D eigenvalue weighted by Gasteiger charge is -2.07. The zero-order valence-electron chi connectivity index (χ0n) is 13.0. The van der Waals surface area contributed by atoms with Crippen LogP contribution in [0.5, 0.6) is 0 Å². The fraction of sp³-hybridized carbons (Fsp3) is 0. The number of hydrogen-bond donors (Lipinski definition) is 0. The Morgan fingerprint density at radius 1 is 0.920 bits per heavy atom. The first kappa shape index (κ1) is 15.3. The minimum Gasteiger partial charge on any atom is -0.266 e.